The van der Waals surface area contributed by atoms with Crippen LogP contribution >= 0.6 is 47.2 Å². The molecule has 8 heteroatoms. The van der Waals surface area contributed by atoms with E-state index >= 15 is 0 Å². The van der Waals surface area contributed by atoms with Gasteiger partial charge in [0.05, 0.1) is 0 Å². The van der Waals surface area contributed by atoms with Crippen LogP contribution in [0, 0.1) is 0 Å². The van der Waals surface area contributed by atoms with E-state index in [1.165, 1.54) is 14.2 Å². The van der Waals surface area contributed by atoms with Crippen molar-refractivity contribution in [2.75, 3.05) is 39.9 Å². The predicted molar refractivity (Wildman–Crippen MR) is 185 cm³/mol. The molecule has 0 unspecified atom stereocenters. The number of halogens is 2. The van der Waals surface area contributed by atoms with E-state index in [0.717, 1.165) is 21.2 Å². The molecule has 0 saturated carbocycles. The summed E-state index contributed by atoms with van der Waals surface area (Å²) in [6, 6.07) is 39.7. The molecular weight excluding hydrogens is 670 g/mol. The molecular formula is C32H38Br2O4P2. The van der Waals surface area contributed by atoms with Crippen LogP contribution in [0.25, 0.3) is 0 Å². The molecule has 0 aromatic heterocycles. The molecule has 0 N–H and O–H groups in total. The summed E-state index contributed by atoms with van der Waals surface area (Å²) in [5, 5.41) is 3.75. The first-order chi connectivity index (χ1) is 18.2. The van der Waals surface area contributed by atoms with Crippen LogP contribution in [-0.4, -0.2) is 51.3 Å². The normalized spacial score (nSPS) is 13.1. The second kappa shape index (κ2) is 13.1. The third-order valence-electron chi connectivity index (χ3n) is 8.38. The molecule has 4 aromatic carbocycles. The van der Waals surface area contributed by atoms with Gasteiger partial charge in [0.15, 0.2) is 0 Å². The minimum absolute atomic E-state index is 0. The molecule has 0 spiro atoms. The second-order valence-corrected chi connectivity index (χ2v) is 21.2. The van der Waals surface area contributed by atoms with Crippen LogP contribution in [0.4, 0.5) is 9.59 Å². The number of carbonyl (C=O) groups excluding carboxylic acids is 2. The van der Waals surface area contributed by atoms with Gasteiger partial charge in [0, 0.05) is 0 Å². The molecule has 214 valence electrons. The number of hydrogen-bond donors (Lipinski definition) is 0. The van der Waals surface area contributed by atoms with Gasteiger partial charge in [-0.05, 0) is 0 Å². The fourth-order valence-electron chi connectivity index (χ4n) is 5.74. The molecule has 0 saturated heterocycles. The predicted octanol–water partition coefficient (Wildman–Crippen LogP) is 7.34. The first-order valence-corrected chi connectivity index (χ1v) is 18.4. The van der Waals surface area contributed by atoms with E-state index < -0.39 is 13.2 Å². The summed E-state index contributed by atoms with van der Waals surface area (Å²) in [6.07, 6.45) is 0.888. The van der Waals surface area contributed by atoms with E-state index in [4.69, 9.17) is 9.47 Å². The van der Waals surface area contributed by atoms with Crippen LogP contribution in [0.1, 0.15) is 0 Å². The van der Waals surface area contributed by atoms with E-state index in [9.17, 15) is 9.59 Å². The van der Waals surface area contributed by atoms with E-state index in [1.807, 2.05) is 121 Å². The van der Waals surface area contributed by atoms with Crippen LogP contribution in [0.3, 0.4) is 0 Å². The molecule has 40 heavy (non-hydrogen) atoms. The minimum atomic E-state index is -3.69. The molecule has 0 aliphatic carbocycles. The van der Waals surface area contributed by atoms with Crippen LogP contribution in [0.5, 0.6) is 0 Å². The summed E-state index contributed by atoms with van der Waals surface area (Å²) in [6.45, 7) is -3.22. The number of ether oxygens (including phenoxy) is 2. The molecule has 0 heterocycles. The van der Waals surface area contributed by atoms with Crippen LogP contribution in [0.15, 0.2) is 121 Å². The van der Waals surface area contributed by atoms with E-state index in [1.54, 1.807) is 0 Å². The number of hydrogen-bond acceptors (Lipinski definition) is 4. The number of carbonyl (C=O) groups is 2. The van der Waals surface area contributed by atoms with Gasteiger partial charge < -0.3 is 0 Å². The van der Waals surface area contributed by atoms with Gasteiger partial charge >= 0.3 is 226 Å². The van der Waals surface area contributed by atoms with Gasteiger partial charge in [-0.15, -0.1) is 34.0 Å². The van der Waals surface area contributed by atoms with Crippen molar-refractivity contribution in [3.8, 4) is 0 Å². The Balaban J connectivity index is 0.00000280. The summed E-state index contributed by atoms with van der Waals surface area (Å²) in [4.78, 5) is 28.4. The van der Waals surface area contributed by atoms with Gasteiger partial charge in [0.25, 0.3) is 0 Å². The Morgan fingerprint density at radius 3 is 0.850 bits per heavy atom. The molecule has 0 fully saturated rings. The van der Waals surface area contributed by atoms with Crippen molar-refractivity contribution in [1.82, 2.24) is 0 Å². The van der Waals surface area contributed by atoms with E-state index in [-0.39, 0.29) is 45.4 Å². The molecule has 4 rings (SSSR count). The zero-order chi connectivity index (χ0) is 27.3. The molecule has 0 aliphatic rings. The van der Waals surface area contributed by atoms with Crippen molar-refractivity contribution in [2.24, 2.45) is 0 Å². The SMILES string of the molecule is Br.Br.COC(=O)P(C)(CCP(C)(C(=O)OC)(c1ccccc1)c1ccccc1)(c1ccccc1)c1ccccc1. The summed E-state index contributed by atoms with van der Waals surface area (Å²) in [5.74, 6) is 0. The van der Waals surface area contributed by atoms with Crippen molar-refractivity contribution < 1.29 is 19.1 Å². The van der Waals surface area contributed by atoms with Crippen molar-refractivity contribution in [1.29, 1.82) is 0 Å². The Labute approximate surface area is 258 Å². The quantitative estimate of drug-likeness (QED) is 0.171. The van der Waals surface area contributed by atoms with Gasteiger partial charge in [-0.25, -0.2) is 0 Å². The van der Waals surface area contributed by atoms with Crippen molar-refractivity contribution >= 4 is 79.8 Å². The Morgan fingerprint density at radius 2 is 0.675 bits per heavy atom. The molecule has 0 bridgehead atoms. The molecule has 0 amide bonds. The Hall–Kier alpha value is -2.36. The Bertz CT molecular complexity index is 1230. The van der Waals surface area contributed by atoms with Gasteiger partial charge in [-0.3, -0.25) is 0 Å². The number of rotatable bonds is 9. The van der Waals surface area contributed by atoms with Crippen molar-refractivity contribution in [3.05, 3.63) is 121 Å². The third-order valence-corrected chi connectivity index (χ3v) is 20.5. The fraction of sp³-hybridized carbons (Fsp3) is 0.188. The second-order valence-electron chi connectivity index (χ2n) is 10.3. The average Bonchev–Trinajstić information content (AvgIpc) is 3.00. The monoisotopic (exact) mass is 706 g/mol. The van der Waals surface area contributed by atoms with Crippen LogP contribution < -0.4 is 21.2 Å². The maximum absolute atomic E-state index is 14.2. The zero-order valence-corrected chi connectivity index (χ0v) is 28.5. The topological polar surface area (TPSA) is 52.6 Å². The summed E-state index contributed by atoms with van der Waals surface area (Å²) < 4.78 is 11.3. The standard InChI is InChI=1S/C32H36O4P2.2BrH/c1-35-31(33)37(3,27-17-9-5-10-18-27,28-19-11-6-12-20-28)25-26-38(4,32(34)36-2,29-21-13-7-14-22-29)30-23-15-8-16-24-30;;/h5-24H,25-26H2,1-4H3;2*1H. The van der Waals surface area contributed by atoms with Gasteiger partial charge in [-0.1, -0.05) is 0 Å². The maximum atomic E-state index is 14.2. The first-order valence-electron chi connectivity index (χ1n) is 12.6. The number of benzene rings is 4. The van der Waals surface area contributed by atoms with E-state index in [0.29, 0.717) is 12.3 Å². The number of methoxy groups -OCH3 is 2. The molecule has 0 aliphatic heterocycles. The fourth-order valence-corrected chi connectivity index (χ4v) is 17.5. The van der Waals surface area contributed by atoms with Gasteiger partial charge in [-0.2, -0.15) is 0 Å². The van der Waals surface area contributed by atoms with Crippen LogP contribution in [0.2, 0.25) is 0 Å². The Morgan fingerprint density at radius 1 is 0.475 bits per heavy atom. The molecule has 4 nitrogen and oxygen atoms in total. The summed E-state index contributed by atoms with van der Waals surface area (Å²) in [7, 11) is 2.92. The zero-order valence-electron chi connectivity index (χ0n) is 23.3. The van der Waals surface area contributed by atoms with Gasteiger partial charge in [0.2, 0.25) is 0 Å². The molecule has 0 atom stereocenters. The third kappa shape index (κ3) is 5.21. The van der Waals surface area contributed by atoms with Crippen molar-refractivity contribution in [3.63, 3.8) is 0 Å². The molecule has 4 aromatic rings. The van der Waals surface area contributed by atoms with Crippen LogP contribution in [-0.2, 0) is 9.47 Å². The van der Waals surface area contributed by atoms with Gasteiger partial charge in [0.1, 0.15) is 0 Å². The van der Waals surface area contributed by atoms with E-state index in [2.05, 4.69) is 13.3 Å². The summed E-state index contributed by atoms with van der Waals surface area (Å²) in [5.41, 5.74) is -0.492. The average molecular weight is 708 g/mol. The van der Waals surface area contributed by atoms with Crippen molar-refractivity contribution in [2.45, 2.75) is 0 Å². The molecule has 0 radical (unpaired) electrons. The Kier molecular flexibility index (Phi) is 11.1. The summed E-state index contributed by atoms with van der Waals surface area (Å²) >= 11 is 0. The first kappa shape index (κ1) is 33.8.